The first-order valence-corrected chi connectivity index (χ1v) is 9.34. The first kappa shape index (κ1) is 16.1. The van der Waals surface area contributed by atoms with Gasteiger partial charge in [-0.2, -0.15) is 0 Å². The summed E-state index contributed by atoms with van der Waals surface area (Å²) in [7, 11) is 2.24. The van der Waals surface area contributed by atoms with Gasteiger partial charge in [0.25, 0.3) is 0 Å². The molecule has 24 heavy (non-hydrogen) atoms. The fourth-order valence-electron chi connectivity index (χ4n) is 4.31. The van der Waals surface area contributed by atoms with Gasteiger partial charge in [-0.3, -0.25) is 14.6 Å². The van der Waals surface area contributed by atoms with Crippen LogP contribution in [0.2, 0.25) is 0 Å². The van der Waals surface area contributed by atoms with E-state index in [0.717, 1.165) is 63.9 Å². The van der Waals surface area contributed by atoms with Crippen LogP contribution >= 0.6 is 0 Å². The number of likely N-dealkylation sites (N-methyl/N-ethyl adjacent to an activating group) is 1. The van der Waals surface area contributed by atoms with E-state index in [2.05, 4.69) is 31.7 Å². The Bertz CT molecular complexity index is 570. The second-order valence-electron chi connectivity index (χ2n) is 7.93. The zero-order chi connectivity index (χ0) is 16.6. The number of hydrogen-bond donors (Lipinski definition) is 1. The molecule has 2 aliphatic heterocycles. The fourth-order valence-corrected chi connectivity index (χ4v) is 4.31. The Hall–Kier alpha value is -1.40. The summed E-state index contributed by atoms with van der Waals surface area (Å²) in [6.07, 6.45) is 9.11. The van der Waals surface area contributed by atoms with Crippen LogP contribution in [0.4, 0.5) is 0 Å². The SMILES string of the molecule is CN1CCN(Cc2ncc[nH]2)C[C@@]12CCC(=O)N(CC1CC1)CC2. The van der Waals surface area contributed by atoms with E-state index in [9.17, 15) is 4.79 Å². The first-order valence-electron chi connectivity index (χ1n) is 9.34. The summed E-state index contributed by atoms with van der Waals surface area (Å²) < 4.78 is 0. The quantitative estimate of drug-likeness (QED) is 0.904. The third-order valence-electron chi connectivity index (χ3n) is 6.19. The number of hydrogen-bond acceptors (Lipinski definition) is 4. The molecule has 1 aromatic heterocycles. The van der Waals surface area contributed by atoms with Crippen molar-refractivity contribution in [1.82, 2.24) is 24.7 Å². The second kappa shape index (κ2) is 6.48. The normalized spacial score (nSPS) is 30.0. The van der Waals surface area contributed by atoms with Crippen molar-refractivity contribution in [3.63, 3.8) is 0 Å². The molecule has 3 fully saturated rings. The zero-order valence-electron chi connectivity index (χ0n) is 14.7. The van der Waals surface area contributed by atoms with Gasteiger partial charge in [0, 0.05) is 57.1 Å². The number of piperazine rings is 1. The van der Waals surface area contributed by atoms with E-state index in [1.54, 1.807) is 0 Å². The Kier molecular flexibility index (Phi) is 4.35. The molecule has 2 saturated heterocycles. The molecule has 0 radical (unpaired) electrons. The average Bonchev–Trinajstić information content (AvgIpc) is 3.28. The number of nitrogens with one attached hydrogen (secondary N) is 1. The smallest absolute Gasteiger partial charge is 0.222 e. The second-order valence-corrected chi connectivity index (χ2v) is 7.93. The van der Waals surface area contributed by atoms with Crippen molar-refractivity contribution in [1.29, 1.82) is 0 Å². The molecule has 0 bridgehead atoms. The molecular formula is C18H29N5O. The number of nitrogens with zero attached hydrogens (tertiary/aromatic N) is 4. The van der Waals surface area contributed by atoms with Gasteiger partial charge in [-0.05, 0) is 38.6 Å². The van der Waals surface area contributed by atoms with Crippen LogP contribution < -0.4 is 0 Å². The molecule has 1 aliphatic carbocycles. The molecule has 1 amide bonds. The molecule has 6 nitrogen and oxygen atoms in total. The van der Waals surface area contributed by atoms with Crippen molar-refractivity contribution in [2.24, 2.45) is 5.92 Å². The van der Waals surface area contributed by atoms with Gasteiger partial charge in [-0.25, -0.2) is 4.98 Å². The van der Waals surface area contributed by atoms with E-state index in [1.807, 2.05) is 12.4 Å². The summed E-state index contributed by atoms with van der Waals surface area (Å²) in [6.45, 7) is 5.97. The van der Waals surface area contributed by atoms with E-state index < -0.39 is 0 Å². The highest BCUT2D eigenvalue weighted by atomic mass is 16.2. The number of carbonyl (C=O) groups is 1. The van der Waals surface area contributed by atoms with Crippen LogP contribution in [0.25, 0.3) is 0 Å². The summed E-state index contributed by atoms with van der Waals surface area (Å²) in [5.74, 6) is 2.19. The van der Waals surface area contributed by atoms with Gasteiger partial charge >= 0.3 is 0 Å². The molecule has 0 unspecified atom stereocenters. The van der Waals surface area contributed by atoms with Gasteiger partial charge in [-0.15, -0.1) is 0 Å². The van der Waals surface area contributed by atoms with Crippen molar-refractivity contribution >= 4 is 5.91 Å². The van der Waals surface area contributed by atoms with Gasteiger partial charge < -0.3 is 9.88 Å². The zero-order valence-corrected chi connectivity index (χ0v) is 14.7. The van der Waals surface area contributed by atoms with Crippen LogP contribution in [0.5, 0.6) is 0 Å². The third-order valence-corrected chi connectivity index (χ3v) is 6.19. The Balaban J connectivity index is 1.44. The number of aromatic nitrogens is 2. The van der Waals surface area contributed by atoms with Crippen LogP contribution in [0.1, 0.15) is 37.9 Å². The monoisotopic (exact) mass is 331 g/mol. The lowest BCUT2D eigenvalue weighted by Gasteiger charge is -2.49. The van der Waals surface area contributed by atoms with Gasteiger partial charge in [0.15, 0.2) is 0 Å². The van der Waals surface area contributed by atoms with E-state index in [-0.39, 0.29) is 5.54 Å². The van der Waals surface area contributed by atoms with Crippen molar-refractivity contribution in [2.45, 2.75) is 44.2 Å². The number of imidazole rings is 1. The maximum atomic E-state index is 12.5. The van der Waals surface area contributed by atoms with Crippen LogP contribution in [0, 0.1) is 5.92 Å². The molecule has 0 aromatic carbocycles. The molecule has 132 valence electrons. The largest absolute Gasteiger partial charge is 0.348 e. The summed E-state index contributed by atoms with van der Waals surface area (Å²) in [4.78, 5) is 27.3. The lowest BCUT2D eigenvalue weighted by molar-refractivity contribution is -0.131. The fraction of sp³-hybridized carbons (Fsp3) is 0.778. The Morgan fingerprint density at radius 1 is 1.29 bits per heavy atom. The highest BCUT2D eigenvalue weighted by molar-refractivity contribution is 5.76. The van der Waals surface area contributed by atoms with E-state index in [1.165, 1.54) is 12.8 Å². The summed E-state index contributed by atoms with van der Waals surface area (Å²) in [6, 6.07) is 0. The molecule has 3 heterocycles. The number of aromatic amines is 1. The van der Waals surface area contributed by atoms with E-state index in [4.69, 9.17) is 0 Å². The number of H-pyrrole nitrogens is 1. The lowest BCUT2D eigenvalue weighted by Crippen LogP contribution is -2.60. The number of rotatable bonds is 4. The molecule has 1 atom stereocenters. The van der Waals surface area contributed by atoms with Gasteiger partial charge in [-0.1, -0.05) is 0 Å². The first-order chi connectivity index (χ1) is 11.6. The van der Waals surface area contributed by atoms with Crippen LogP contribution in [0.3, 0.4) is 0 Å². The van der Waals surface area contributed by atoms with E-state index in [0.29, 0.717) is 12.3 Å². The van der Waals surface area contributed by atoms with Crippen molar-refractivity contribution in [3.05, 3.63) is 18.2 Å². The Morgan fingerprint density at radius 2 is 2.17 bits per heavy atom. The maximum absolute atomic E-state index is 12.5. The molecule has 1 saturated carbocycles. The van der Waals surface area contributed by atoms with E-state index >= 15 is 0 Å². The number of likely N-dealkylation sites (tertiary alicyclic amines) is 1. The number of amides is 1. The average molecular weight is 331 g/mol. The minimum absolute atomic E-state index is 0.138. The van der Waals surface area contributed by atoms with Gasteiger partial charge in [0.05, 0.1) is 6.54 Å². The van der Waals surface area contributed by atoms with Crippen LogP contribution in [0.15, 0.2) is 12.4 Å². The third kappa shape index (κ3) is 3.35. The molecule has 4 rings (SSSR count). The molecule has 6 heteroatoms. The molecule has 1 N–H and O–H groups in total. The van der Waals surface area contributed by atoms with Crippen LogP contribution in [-0.2, 0) is 11.3 Å². The molecular weight excluding hydrogens is 302 g/mol. The standard InChI is InChI=1S/C18H29N5O/c1-21-10-11-22(13-16-19-7-8-20-16)14-18(21)5-4-17(24)23(9-6-18)12-15-2-3-15/h7-8,15H,2-6,9-14H2,1H3,(H,19,20)/t18-/m0/s1. The molecule has 1 aromatic rings. The predicted octanol–water partition coefficient (Wildman–Crippen LogP) is 1.32. The van der Waals surface area contributed by atoms with Crippen molar-refractivity contribution < 1.29 is 4.79 Å². The Morgan fingerprint density at radius 3 is 2.92 bits per heavy atom. The number of carbonyl (C=O) groups excluding carboxylic acids is 1. The molecule has 1 spiro atoms. The maximum Gasteiger partial charge on any atom is 0.222 e. The Labute approximate surface area is 144 Å². The van der Waals surface area contributed by atoms with Crippen LogP contribution in [-0.4, -0.2) is 75.9 Å². The molecule has 3 aliphatic rings. The van der Waals surface area contributed by atoms with Gasteiger partial charge in [0.2, 0.25) is 5.91 Å². The predicted molar refractivity (Wildman–Crippen MR) is 92.4 cm³/mol. The van der Waals surface area contributed by atoms with Gasteiger partial charge in [0.1, 0.15) is 5.82 Å². The summed E-state index contributed by atoms with van der Waals surface area (Å²) in [5.41, 5.74) is 0.138. The minimum Gasteiger partial charge on any atom is -0.348 e. The van der Waals surface area contributed by atoms with Crippen molar-refractivity contribution in [3.8, 4) is 0 Å². The minimum atomic E-state index is 0.138. The summed E-state index contributed by atoms with van der Waals surface area (Å²) >= 11 is 0. The van der Waals surface area contributed by atoms with Crippen molar-refractivity contribution in [2.75, 3.05) is 39.8 Å². The topological polar surface area (TPSA) is 55.5 Å². The highest BCUT2D eigenvalue weighted by Gasteiger charge is 2.42. The summed E-state index contributed by atoms with van der Waals surface area (Å²) in [5, 5.41) is 0. The lowest BCUT2D eigenvalue weighted by atomic mass is 9.86. The highest BCUT2D eigenvalue weighted by Crippen LogP contribution is 2.35.